The van der Waals surface area contributed by atoms with Crippen LogP contribution in [0.1, 0.15) is 23.2 Å². The number of aromatic nitrogens is 1. The summed E-state index contributed by atoms with van der Waals surface area (Å²) in [4.78, 5) is 16.7. The Labute approximate surface area is 121 Å². The summed E-state index contributed by atoms with van der Waals surface area (Å²) in [6, 6.07) is 8.74. The number of oxime groups is 1. The summed E-state index contributed by atoms with van der Waals surface area (Å²) in [6.07, 6.45) is 3.59. The maximum Gasteiger partial charge on any atom is 0.254 e. The number of benzene rings is 1. The van der Waals surface area contributed by atoms with Crippen LogP contribution in [0.15, 0.2) is 41.7 Å². The van der Waals surface area contributed by atoms with Crippen LogP contribution in [0.25, 0.3) is 10.9 Å². The number of nitrogens with zero attached hydrogens (tertiary/aromatic N) is 2. The lowest BCUT2D eigenvalue weighted by atomic mass is 10.1. The van der Waals surface area contributed by atoms with Gasteiger partial charge in [-0.3, -0.25) is 9.78 Å². The molecule has 1 amide bonds. The van der Waals surface area contributed by atoms with Gasteiger partial charge in [0.15, 0.2) is 5.84 Å². The van der Waals surface area contributed by atoms with Gasteiger partial charge in [-0.15, -0.1) is 0 Å². The molecule has 1 aliphatic rings. The molecule has 1 aromatic carbocycles. The molecule has 6 nitrogen and oxygen atoms in total. The highest BCUT2D eigenvalue weighted by Crippen LogP contribution is 2.33. The molecule has 0 saturated heterocycles. The van der Waals surface area contributed by atoms with Gasteiger partial charge in [0.05, 0.1) is 17.1 Å². The highest BCUT2D eigenvalue weighted by molar-refractivity contribution is 6.07. The third-order valence-electron chi connectivity index (χ3n) is 3.69. The minimum absolute atomic E-state index is 0.0408. The van der Waals surface area contributed by atoms with E-state index in [0.717, 1.165) is 18.2 Å². The number of pyridine rings is 1. The first kappa shape index (κ1) is 13.4. The van der Waals surface area contributed by atoms with Gasteiger partial charge < -0.3 is 16.3 Å². The fourth-order valence-electron chi connectivity index (χ4n) is 2.43. The van der Waals surface area contributed by atoms with Crippen molar-refractivity contribution in [2.24, 2.45) is 16.8 Å². The van der Waals surface area contributed by atoms with Crippen molar-refractivity contribution in [3.8, 4) is 0 Å². The normalized spacial score (nSPS) is 16.7. The maximum atomic E-state index is 12.5. The zero-order valence-corrected chi connectivity index (χ0v) is 11.4. The summed E-state index contributed by atoms with van der Waals surface area (Å²) in [7, 11) is 0. The van der Waals surface area contributed by atoms with E-state index in [2.05, 4.69) is 15.5 Å². The van der Waals surface area contributed by atoms with E-state index in [1.54, 1.807) is 12.3 Å². The van der Waals surface area contributed by atoms with E-state index in [-0.39, 0.29) is 17.7 Å². The average Bonchev–Trinajstić information content (AvgIpc) is 3.35. The molecule has 1 saturated carbocycles. The lowest BCUT2D eigenvalue weighted by molar-refractivity contribution is 0.0944. The molecule has 108 valence electrons. The molecule has 1 aromatic heterocycles. The predicted molar refractivity (Wildman–Crippen MR) is 79.1 cm³/mol. The molecule has 1 aliphatic carbocycles. The second kappa shape index (κ2) is 5.40. The van der Waals surface area contributed by atoms with E-state index in [4.69, 9.17) is 10.9 Å². The summed E-state index contributed by atoms with van der Waals surface area (Å²) in [6.45, 7) is 0. The van der Waals surface area contributed by atoms with Crippen molar-refractivity contribution >= 4 is 22.6 Å². The van der Waals surface area contributed by atoms with Crippen molar-refractivity contribution in [2.45, 2.75) is 18.9 Å². The molecule has 1 atom stereocenters. The molecular formula is C15H16N4O2. The number of nitrogens with two attached hydrogens (primary N) is 1. The summed E-state index contributed by atoms with van der Waals surface area (Å²) in [5.74, 6) is 0.0228. The van der Waals surface area contributed by atoms with Crippen molar-refractivity contribution in [3.63, 3.8) is 0 Å². The Morgan fingerprint density at radius 3 is 2.86 bits per heavy atom. The number of amides is 1. The number of hydrogen-bond acceptors (Lipinski definition) is 4. The molecule has 0 radical (unpaired) electrons. The maximum absolute atomic E-state index is 12.5. The summed E-state index contributed by atoms with van der Waals surface area (Å²) in [5, 5.41) is 15.6. The number of carbonyl (C=O) groups is 1. The molecule has 0 spiro atoms. The van der Waals surface area contributed by atoms with Gasteiger partial charge in [0.1, 0.15) is 0 Å². The first-order valence-electron chi connectivity index (χ1n) is 6.82. The van der Waals surface area contributed by atoms with E-state index >= 15 is 0 Å². The van der Waals surface area contributed by atoms with Crippen molar-refractivity contribution in [1.82, 2.24) is 10.3 Å². The number of amidine groups is 1. The Hall–Kier alpha value is -2.63. The summed E-state index contributed by atoms with van der Waals surface area (Å²) >= 11 is 0. The number of fused-ring (bicyclic) bond motifs is 1. The van der Waals surface area contributed by atoms with Crippen LogP contribution < -0.4 is 11.1 Å². The lowest BCUT2D eigenvalue weighted by Gasteiger charge is -2.17. The molecule has 1 heterocycles. The molecule has 1 fully saturated rings. The van der Waals surface area contributed by atoms with Crippen LogP contribution in [0.5, 0.6) is 0 Å². The third-order valence-corrected chi connectivity index (χ3v) is 3.69. The zero-order valence-electron chi connectivity index (χ0n) is 11.4. The van der Waals surface area contributed by atoms with Gasteiger partial charge in [0.25, 0.3) is 5.91 Å². The summed E-state index contributed by atoms with van der Waals surface area (Å²) < 4.78 is 0. The summed E-state index contributed by atoms with van der Waals surface area (Å²) in [5.41, 5.74) is 6.80. The molecule has 0 bridgehead atoms. The molecule has 6 heteroatoms. The quantitative estimate of drug-likeness (QED) is 0.343. The van der Waals surface area contributed by atoms with Gasteiger partial charge in [-0.05, 0) is 30.9 Å². The van der Waals surface area contributed by atoms with Gasteiger partial charge in [-0.1, -0.05) is 23.4 Å². The Kier molecular flexibility index (Phi) is 3.43. The van der Waals surface area contributed by atoms with Gasteiger partial charge in [-0.2, -0.15) is 0 Å². The Morgan fingerprint density at radius 1 is 1.38 bits per heavy atom. The van der Waals surface area contributed by atoms with Gasteiger partial charge in [0, 0.05) is 11.6 Å². The van der Waals surface area contributed by atoms with Crippen molar-refractivity contribution in [3.05, 3.63) is 42.1 Å². The first-order valence-corrected chi connectivity index (χ1v) is 6.82. The Balaban J connectivity index is 1.90. The SMILES string of the molecule is NC(=NO)C(NC(=O)c1cccc2cccnc12)C1CC1. The minimum Gasteiger partial charge on any atom is -0.409 e. The largest absolute Gasteiger partial charge is 0.409 e. The number of hydrogen-bond donors (Lipinski definition) is 3. The fourth-order valence-corrected chi connectivity index (χ4v) is 2.43. The lowest BCUT2D eigenvalue weighted by Crippen LogP contribution is -2.46. The number of para-hydroxylation sites is 1. The number of carbonyl (C=O) groups excluding carboxylic acids is 1. The van der Waals surface area contributed by atoms with Crippen molar-refractivity contribution in [1.29, 1.82) is 0 Å². The standard InChI is InChI=1S/C15H16N4O2/c16-14(19-21)13(10-6-7-10)18-15(20)11-5-1-3-9-4-2-8-17-12(9)11/h1-5,8,10,13,21H,6-7H2,(H2,16,19)(H,18,20). The smallest absolute Gasteiger partial charge is 0.254 e. The van der Waals surface area contributed by atoms with Crippen LogP contribution in [0.3, 0.4) is 0 Å². The van der Waals surface area contributed by atoms with Crippen LogP contribution in [-0.2, 0) is 0 Å². The van der Waals surface area contributed by atoms with Crippen molar-refractivity contribution in [2.75, 3.05) is 0 Å². The zero-order chi connectivity index (χ0) is 14.8. The molecule has 21 heavy (non-hydrogen) atoms. The molecule has 1 unspecified atom stereocenters. The number of nitrogens with one attached hydrogen (secondary N) is 1. The van der Waals surface area contributed by atoms with E-state index in [0.29, 0.717) is 11.1 Å². The van der Waals surface area contributed by atoms with E-state index in [1.807, 2.05) is 24.3 Å². The second-order valence-corrected chi connectivity index (χ2v) is 5.19. The number of rotatable bonds is 4. The molecule has 3 rings (SSSR count). The van der Waals surface area contributed by atoms with E-state index < -0.39 is 6.04 Å². The predicted octanol–water partition coefficient (Wildman–Crippen LogP) is 1.49. The average molecular weight is 284 g/mol. The Bertz CT molecular complexity index is 704. The second-order valence-electron chi connectivity index (χ2n) is 5.19. The third kappa shape index (κ3) is 2.65. The Morgan fingerprint density at radius 2 is 2.14 bits per heavy atom. The highest BCUT2D eigenvalue weighted by atomic mass is 16.4. The monoisotopic (exact) mass is 284 g/mol. The van der Waals surface area contributed by atoms with E-state index in [9.17, 15) is 4.79 Å². The van der Waals surface area contributed by atoms with E-state index in [1.165, 1.54) is 0 Å². The molecule has 0 aliphatic heterocycles. The van der Waals surface area contributed by atoms with Crippen LogP contribution in [-0.4, -0.2) is 28.0 Å². The topological polar surface area (TPSA) is 101 Å². The fraction of sp³-hybridized carbons (Fsp3) is 0.267. The van der Waals surface area contributed by atoms with Crippen molar-refractivity contribution < 1.29 is 10.0 Å². The van der Waals surface area contributed by atoms with Gasteiger partial charge in [-0.25, -0.2) is 0 Å². The first-order chi connectivity index (χ1) is 10.2. The molecule has 2 aromatic rings. The van der Waals surface area contributed by atoms with Crippen LogP contribution in [0.4, 0.5) is 0 Å². The molecular weight excluding hydrogens is 268 g/mol. The van der Waals surface area contributed by atoms with Gasteiger partial charge in [0.2, 0.25) is 0 Å². The minimum atomic E-state index is -0.429. The van der Waals surface area contributed by atoms with Crippen LogP contribution in [0, 0.1) is 5.92 Å². The van der Waals surface area contributed by atoms with Crippen LogP contribution >= 0.6 is 0 Å². The van der Waals surface area contributed by atoms with Crippen LogP contribution in [0.2, 0.25) is 0 Å². The highest BCUT2D eigenvalue weighted by Gasteiger charge is 2.35. The van der Waals surface area contributed by atoms with Gasteiger partial charge >= 0.3 is 0 Å². The molecule has 4 N–H and O–H groups in total.